The number of halogens is 3. The molecule has 1 aromatic carbocycles. The molecule has 0 spiro atoms. The summed E-state index contributed by atoms with van der Waals surface area (Å²) >= 11 is 6.04. The Morgan fingerprint density at radius 3 is 2.75 bits per heavy atom. The molecule has 0 unspecified atom stereocenters. The summed E-state index contributed by atoms with van der Waals surface area (Å²) in [6, 6.07) is 5.70. The summed E-state index contributed by atoms with van der Waals surface area (Å²) in [6.07, 6.45) is 1.37. The smallest absolute Gasteiger partial charge is 0.257 e. The summed E-state index contributed by atoms with van der Waals surface area (Å²) < 4.78 is 23.4. The molecular formula is C16H19Cl2FN2O3. The van der Waals surface area contributed by atoms with Crippen molar-refractivity contribution in [1.82, 2.24) is 4.90 Å². The Labute approximate surface area is 150 Å². The van der Waals surface area contributed by atoms with Gasteiger partial charge in [-0.15, -0.1) is 12.4 Å². The number of rotatable bonds is 7. The molecule has 132 valence electrons. The third kappa shape index (κ3) is 5.21. The molecule has 0 aliphatic carbocycles. The lowest BCUT2D eigenvalue weighted by atomic mass is 10.2. The number of carbonyl (C=O) groups excluding carboxylic acids is 1. The Morgan fingerprint density at radius 2 is 2.17 bits per heavy atom. The first-order valence-corrected chi connectivity index (χ1v) is 7.42. The normalized spacial score (nSPS) is 10.3. The number of benzene rings is 1. The van der Waals surface area contributed by atoms with Gasteiger partial charge in [0.05, 0.1) is 18.7 Å². The van der Waals surface area contributed by atoms with Crippen molar-refractivity contribution in [3.05, 3.63) is 58.3 Å². The largest absolute Gasteiger partial charge is 0.467 e. The van der Waals surface area contributed by atoms with Gasteiger partial charge in [-0.1, -0.05) is 17.7 Å². The molecule has 1 aromatic heterocycles. The maximum Gasteiger partial charge on any atom is 0.257 e. The lowest BCUT2D eigenvalue weighted by molar-refractivity contribution is 0.0680. The number of ether oxygens (including phenoxy) is 1. The Morgan fingerprint density at radius 1 is 1.42 bits per heavy atom. The van der Waals surface area contributed by atoms with E-state index in [0.29, 0.717) is 30.0 Å². The Balaban J connectivity index is 0.00000288. The Kier molecular flexibility index (Phi) is 8.21. The van der Waals surface area contributed by atoms with E-state index in [0.717, 1.165) is 0 Å². The third-order valence-electron chi connectivity index (χ3n) is 3.33. The van der Waals surface area contributed by atoms with Crippen LogP contribution in [0.3, 0.4) is 0 Å². The molecule has 8 heteroatoms. The highest BCUT2D eigenvalue weighted by molar-refractivity contribution is 6.31. The summed E-state index contributed by atoms with van der Waals surface area (Å²) in [5.41, 5.74) is 6.54. The van der Waals surface area contributed by atoms with Gasteiger partial charge in [-0.2, -0.15) is 0 Å². The molecule has 2 rings (SSSR count). The van der Waals surface area contributed by atoms with Crippen LogP contribution in [0, 0.1) is 5.82 Å². The zero-order chi connectivity index (χ0) is 16.8. The molecule has 0 atom stereocenters. The minimum absolute atomic E-state index is 0. The fraction of sp³-hybridized carbons (Fsp3) is 0.312. The fourth-order valence-electron chi connectivity index (χ4n) is 2.09. The average Bonchev–Trinajstić information content (AvgIpc) is 3.01. The highest BCUT2D eigenvalue weighted by atomic mass is 35.5. The standard InChI is InChI=1S/C16H18ClFN2O3.ClH/c1-22-5-4-20(9-11-2-3-13(18)7-15(11)17)16(21)12-6-14(8-19)23-10-12;/h2-3,6-7,10H,4-5,8-9,19H2,1H3;1H. The van der Waals surface area contributed by atoms with Crippen LogP contribution in [-0.2, 0) is 17.8 Å². The first-order chi connectivity index (χ1) is 11.0. The summed E-state index contributed by atoms with van der Waals surface area (Å²) in [5.74, 6) is -0.123. The van der Waals surface area contributed by atoms with Crippen LogP contribution in [0.4, 0.5) is 4.39 Å². The number of carbonyl (C=O) groups is 1. The number of nitrogens with zero attached hydrogens (tertiary/aromatic N) is 1. The van der Waals surface area contributed by atoms with Crippen LogP contribution in [-0.4, -0.2) is 31.1 Å². The first-order valence-electron chi connectivity index (χ1n) is 7.04. The second-order valence-corrected chi connectivity index (χ2v) is 5.37. The maximum absolute atomic E-state index is 13.1. The van der Waals surface area contributed by atoms with E-state index < -0.39 is 5.82 Å². The quantitative estimate of drug-likeness (QED) is 0.805. The molecule has 1 amide bonds. The second-order valence-electron chi connectivity index (χ2n) is 4.96. The van der Waals surface area contributed by atoms with E-state index in [9.17, 15) is 9.18 Å². The van der Waals surface area contributed by atoms with E-state index in [1.807, 2.05) is 0 Å². The van der Waals surface area contributed by atoms with Crippen LogP contribution < -0.4 is 5.73 Å². The van der Waals surface area contributed by atoms with Crippen LogP contribution in [0.25, 0.3) is 0 Å². The van der Waals surface area contributed by atoms with Gasteiger partial charge in [0.15, 0.2) is 0 Å². The molecule has 0 fully saturated rings. The van der Waals surface area contributed by atoms with Crippen molar-refractivity contribution >= 4 is 29.9 Å². The van der Waals surface area contributed by atoms with Gasteiger partial charge >= 0.3 is 0 Å². The molecule has 0 saturated carbocycles. The van der Waals surface area contributed by atoms with Crippen molar-refractivity contribution in [2.75, 3.05) is 20.3 Å². The van der Waals surface area contributed by atoms with Crippen molar-refractivity contribution < 1.29 is 18.3 Å². The Bertz CT molecular complexity index is 679. The third-order valence-corrected chi connectivity index (χ3v) is 3.68. The average molecular weight is 377 g/mol. The van der Waals surface area contributed by atoms with E-state index in [1.54, 1.807) is 24.1 Å². The topological polar surface area (TPSA) is 68.7 Å². The van der Waals surface area contributed by atoms with Crippen LogP contribution in [0.2, 0.25) is 5.02 Å². The Hall–Kier alpha value is -1.60. The predicted octanol–water partition coefficient (Wildman–Crippen LogP) is 3.24. The number of hydrogen-bond donors (Lipinski definition) is 1. The minimum Gasteiger partial charge on any atom is -0.467 e. The van der Waals surface area contributed by atoms with Gasteiger partial charge in [-0.05, 0) is 23.8 Å². The number of methoxy groups -OCH3 is 1. The van der Waals surface area contributed by atoms with Crippen LogP contribution in [0.5, 0.6) is 0 Å². The summed E-state index contributed by atoms with van der Waals surface area (Å²) in [6.45, 7) is 1.19. The minimum atomic E-state index is -0.420. The van der Waals surface area contributed by atoms with Crippen molar-refractivity contribution in [1.29, 1.82) is 0 Å². The summed E-state index contributed by atoms with van der Waals surface area (Å²) in [5, 5.41) is 0.273. The molecule has 0 radical (unpaired) electrons. The fourth-order valence-corrected chi connectivity index (χ4v) is 2.32. The number of nitrogens with two attached hydrogens (primary N) is 1. The first kappa shape index (κ1) is 20.4. The van der Waals surface area contributed by atoms with Gasteiger partial charge in [0.1, 0.15) is 17.8 Å². The van der Waals surface area contributed by atoms with Gasteiger partial charge in [0.2, 0.25) is 0 Å². The van der Waals surface area contributed by atoms with Crippen LogP contribution in [0.15, 0.2) is 34.9 Å². The van der Waals surface area contributed by atoms with Crippen molar-refractivity contribution in [2.24, 2.45) is 5.73 Å². The number of hydrogen-bond acceptors (Lipinski definition) is 4. The molecule has 24 heavy (non-hydrogen) atoms. The molecule has 5 nitrogen and oxygen atoms in total. The van der Waals surface area contributed by atoms with Crippen LogP contribution in [0.1, 0.15) is 21.7 Å². The molecule has 0 bridgehead atoms. The molecular weight excluding hydrogens is 358 g/mol. The van der Waals surface area contributed by atoms with Gasteiger partial charge < -0.3 is 19.8 Å². The van der Waals surface area contributed by atoms with Crippen molar-refractivity contribution in [2.45, 2.75) is 13.1 Å². The van der Waals surface area contributed by atoms with Gasteiger partial charge in [0, 0.05) is 25.2 Å². The number of amides is 1. The second kappa shape index (κ2) is 9.64. The SMILES string of the molecule is COCCN(Cc1ccc(F)cc1Cl)C(=O)c1coc(CN)c1.Cl. The molecule has 0 aliphatic heterocycles. The maximum atomic E-state index is 13.1. The van der Waals surface area contributed by atoms with Gasteiger partial charge in [-0.3, -0.25) is 4.79 Å². The molecule has 0 saturated heterocycles. The van der Waals surface area contributed by atoms with E-state index in [1.165, 1.54) is 18.4 Å². The van der Waals surface area contributed by atoms with Crippen LogP contribution >= 0.6 is 24.0 Å². The monoisotopic (exact) mass is 376 g/mol. The highest BCUT2D eigenvalue weighted by Crippen LogP contribution is 2.20. The van der Waals surface area contributed by atoms with Crippen molar-refractivity contribution in [3.63, 3.8) is 0 Å². The molecule has 0 aliphatic rings. The van der Waals surface area contributed by atoms with E-state index in [2.05, 4.69) is 0 Å². The lowest BCUT2D eigenvalue weighted by Gasteiger charge is -2.22. The number of furan rings is 1. The van der Waals surface area contributed by atoms with E-state index >= 15 is 0 Å². The molecule has 1 heterocycles. The zero-order valence-corrected chi connectivity index (χ0v) is 14.7. The summed E-state index contributed by atoms with van der Waals surface area (Å²) in [7, 11) is 1.55. The van der Waals surface area contributed by atoms with Crippen molar-refractivity contribution in [3.8, 4) is 0 Å². The zero-order valence-electron chi connectivity index (χ0n) is 13.1. The molecule has 2 N–H and O–H groups in total. The highest BCUT2D eigenvalue weighted by Gasteiger charge is 2.19. The van der Waals surface area contributed by atoms with Gasteiger partial charge in [-0.25, -0.2) is 4.39 Å². The van der Waals surface area contributed by atoms with Gasteiger partial charge in [0.25, 0.3) is 5.91 Å². The van der Waals surface area contributed by atoms with E-state index in [-0.39, 0.29) is 36.4 Å². The van der Waals surface area contributed by atoms with E-state index in [4.69, 9.17) is 26.5 Å². The predicted molar refractivity (Wildman–Crippen MR) is 91.9 cm³/mol. The lowest BCUT2D eigenvalue weighted by Crippen LogP contribution is -2.33. The molecule has 2 aromatic rings. The summed E-state index contributed by atoms with van der Waals surface area (Å²) in [4.78, 5) is 14.2.